The molecule has 0 saturated carbocycles. The number of likely N-dealkylation sites (tertiary alicyclic amines) is 1. The highest BCUT2D eigenvalue weighted by molar-refractivity contribution is 6.01. The number of amides is 2. The summed E-state index contributed by atoms with van der Waals surface area (Å²) in [4.78, 5) is 27.4. The lowest BCUT2D eigenvalue weighted by Crippen LogP contribution is -2.49. The van der Waals surface area contributed by atoms with Gasteiger partial charge in [-0.2, -0.15) is 0 Å². The highest BCUT2D eigenvalue weighted by Crippen LogP contribution is 2.33. The lowest BCUT2D eigenvalue weighted by Gasteiger charge is -2.28. The molecular weight excluding hydrogens is 270 g/mol. The fourth-order valence-corrected chi connectivity index (χ4v) is 3.17. The number of nitrogens with two attached hydrogens (primary N) is 1. The zero-order chi connectivity index (χ0) is 15.0. The summed E-state index contributed by atoms with van der Waals surface area (Å²) in [7, 11) is 0. The maximum Gasteiger partial charge on any atom is 0.327 e. The van der Waals surface area contributed by atoms with E-state index in [1.165, 1.54) is 4.90 Å². The molecule has 3 rings (SSSR count). The molecule has 6 heteroatoms. The van der Waals surface area contributed by atoms with E-state index in [1.807, 2.05) is 24.3 Å². The summed E-state index contributed by atoms with van der Waals surface area (Å²) in [6.07, 6.45) is 1.25. The first-order chi connectivity index (χ1) is 10.1. The molecule has 21 heavy (non-hydrogen) atoms. The number of carbonyl (C=O) groups excluding carboxylic acids is 1. The predicted molar refractivity (Wildman–Crippen MR) is 78.2 cm³/mol. The number of carboxylic acid groups (broad SMARTS) is 1. The van der Waals surface area contributed by atoms with Crippen LogP contribution in [0, 0.1) is 5.92 Å². The molecule has 0 aliphatic carbocycles. The van der Waals surface area contributed by atoms with Crippen LogP contribution < -0.4 is 10.6 Å². The van der Waals surface area contributed by atoms with E-state index in [4.69, 9.17) is 5.73 Å². The van der Waals surface area contributed by atoms with Crippen molar-refractivity contribution in [3.63, 3.8) is 0 Å². The number of benzene rings is 1. The van der Waals surface area contributed by atoms with Crippen LogP contribution in [0.2, 0.25) is 0 Å². The van der Waals surface area contributed by atoms with Crippen molar-refractivity contribution in [2.24, 2.45) is 11.7 Å². The van der Waals surface area contributed by atoms with Crippen LogP contribution in [0.15, 0.2) is 24.3 Å². The number of aliphatic carboxylic acids is 1. The molecule has 0 radical (unpaired) electrons. The second-order valence-corrected chi connectivity index (χ2v) is 5.68. The average Bonchev–Trinajstić information content (AvgIpc) is 3.11. The van der Waals surface area contributed by atoms with Crippen LogP contribution in [0.1, 0.15) is 12.0 Å². The quantitative estimate of drug-likeness (QED) is 0.847. The Morgan fingerprint density at radius 2 is 2.10 bits per heavy atom. The third kappa shape index (κ3) is 2.35. The van der Waals surface area contributed by atoms with Crippen molar-refractivity contribution in [1.82, 2.24) is 4.90 Å². The van der Waals surface area contributed by atoms with Crippen LogP contribution in [-0.2, 0) is 11.2 Å². The Morgan fingerprint density at radius 3 is 2.76 bits per heavy atom. The minimum absolute atomic E-state index is 0.219. The van der Waals surface area contributed by atoms with E-state index in [1.54, 1.807) is 4.90 Å². The number of hydrogen-bond donors (Lipinski definition) is 2. The third-order valence-corrected chi connectivity index (χ3v) is 4.36. The van der Waals surface area contributed by atoms with Gasteiger partial charge in [0, 0.05) is 25.2 Å². The number of urea groups is 1. The van der Waals surface area contributed by atoms with Gasteiger partial charge in [-0.15, -0.1) is 0 Å². The molecule has 1 unspecified atom stereocenters. The highest BCUT2D eigenvalue weighted by Gasteiger charge is 2.41. The zero-order valence-electron chi connectivity index (χ0n) is 11.7. The van der Waals surface area contributed by atoms with E-state index in [2.05, 4.69) is 0 Å². The predicted octanol–water partition coefficient (Wildman–Crippen LogP) is 0.903. The van der Waals surface area contributed by atoms with Crippen LogP contribution >= 0.6 is 0 Å². The molecule has 6 nitrogen and oxygen atoms in total. The molecule has 2 atom stereocenters. The Kier molecular flexibility index (Phi) is 3.55. The molecule has 2 aliphatic heterocycles. The topological polar surface area (TPSA) is 86.9 Å². The number of carboxylic acids is 1. The molecule has 3 N–H and O–H groups in total. The van der Waals surface area contributed by atoms with E-state index in [-0.39, 0.29) is 6.03 Å². The summed E-state index contributed by atoms with van der Waals surface area (Å²) >= 11 is 0. The van der Waals surface area contributed by atoms with Gasteiger partial charge in [0.15, 0.2) is 0 Å². The van der Waals surface area contributed by atoms with Gasteiger partial charge in [-0.05, 0) is 30.5 Å². The van der Waals surface area contributed by atoms with Gasteiger partial charge < -0.3 is 15.7 Å². The number of fused-ring (bicyclic) bond motifs is 1. The van der Waals surface area contributed by atoms with Gasteiger partial charge in [-0.1, -0.05) is 18.2 Å². The first-order valence-electron chi connectivity index (χ1n) is 7.20. The van der Waals surface area contributed by atoms with Crippen molar-refractivity contribution in [3.05, 3.63) is 29.8 Å². The molecule has 0 aromatic heterocycles. The van der Waals surface area contributed by atoms with Crippen molar-refractivity contribution < 1.29 is 14.7 Å². The molecule has 2 aliphatic rings. The van der Waals surface area contributed by atoms with Gasteiger partial charge in [-0.25, -0.2) is 9.59 Å². The van der Waals surface area contributed by atoms with Gasteiger partial charge in [-0.3, -0.25) is 4.90 Å². The molecule has 1 saturated heterocycles. The molecule has 112 valence electrons. The summed E-state index contributed by atoms with van der Waals surface area (Å²) in [5.41, 5.74) is 7.28. The van der Waals surface area contributed by atoms with Gasteiger partial charge in [0.2, 0.25) is 0 Å². The second-order valence-electron chi connectivity index (χ2n) is 5.68. The normalized spacial score (nSPS) is 24.2. The first-order valence-corrected chi connectivity index (χ1v) is 7.20. The first kappa shape index (κ1) is 13.9. The van der Waals surface area contributed by atoms with Crippen LogP contribution in [0.5, 0.6) is 0 Å². The molecule has 0 spiro atoms. The molecule has 0 bridgehead atoms. The summed E-state index contributed by atoms with van der Waals surface area (Å²) < 4.78 is 0. The monoisotopic (exact) mass is 289 g/mol. The summed E-state index contributed by atoms with van der Waals surface area (Å²) in [6, 6.07) is 6.36. The zero-order valence-corrected chi connectivity index (χ0v) is 11.7. The third-order valence-electron chi connectivity index (χ3n) is 4.36. The van der Waals surface area contributed by atoms with Gasteiger partial charge in [0.25, 0.3) is 0 Å². The van der Waals surface area contributed by atoms with E-state index in [9.17, 15) is 14.7 Å². The standard InChI is InChI=1S/C15H19N3O3/c16-8-10-5-6-17(9-10)15(21)18-12-4-2-1-3-11(12)7-13(18)14(19)20/h1-4,10,13H,5-9,16H2,(H,19,20)/t10?,13-/m0/s1. The fraction of sp³-hybridized carbons (Fsp3) is 0.467. The van der Waals surface area contributed by atoms with Crippen molar-refractivity contribution in [3.8, 4) is 0 Å². The molecule has 2 heterocycles. The van der Waals surface area contributed by atoms with Crippen molar-refractivity contribution in [1.29, 1.82) is 0 Å². The largest absolute Gasteiger partial charge is 0.480 e. The number of para-hydroxylation sites is 1. The summed E-state index contributed by atoms with van der Waals surface area (Å²) in [5, 5.41) is 9.41. The van der Waals surface area contributed by atoms with Gasteiger partial charge >= 0.3 is 12.0 Å². The Labute approximate surface area is 123 Å². The maximum absolute atomic E-state index is 12.7. The second kappa shape index (κ2) is 5.37. The van der Waals surface area contributed by atoms with Crippen LogP contribution in [-0.4, -0.2) is 47.7 Å². The van der Waals surface area contributed by atoms with E-state index < -0.39 is 12.0 Å². The number of hydrogen-bond acceptors (Lipinski definition) is 3. The van der Waals surface area contributed by atoms with Crippen LogP contribution in [0.25, 0.3) is 0 Å². The number of anilines is 1. The number of rotatable bonds is 2. The number of nitrogens with zero attached hydrogens (tertiary/aromatic N) is 2. The van der Waals surface area contributed by atoms with E-state index in [0.29, 0.717) is 37.7 Å². The Hall–Kier alpha value is -2.08. The van der Waals surface area contributed by atoms with Crippen LogP contribution in [0.3, 0.4) is 0 Å². The lowest BCUT2D eigenvalue weighted by atomic mass is 10.1. The minimum Gasteiger partial charge on any atom is -0.480 e. The summed E-state index contributed by atoms with van der Waals surface area (Å²) in [5.74, 6) is -0.649. The van der Waals surface area contributed by atoms with Gasteiger partial charge in [0.05, 0.1) is 0 Å². The Bertz CT molecular complexity index is 575. The Balaban J connectivity index is 1.87. The number of carbonyl (C=O) groups is 2. The minimum atomic E-state index is -0.964. The average molecular weight is 289 g/mol. The molecule has 2 amide bonds. The van der Waals surface area contributed by atoms with E-state index >= 15 is 0 Å². The lowest BCUT2D eigenvalue weighted by molar-refractivity contribution is -0.138. The highest BCUT2D eigenvalue weighted by atomic mass is 16.4. The van der Waals surface area contributed by atoms with E-state index in [0.717, 1.165) is 12.0 Å². The SMILES string of the molecule is NCC1CCN(C(=O)N2c3ccccc3C[C@H]2C(=O)O)C1. The molecule has 1 aromatic carbocycles. The molecule has 1 fully saturated rings. The Morgan fingerprint density at radius 1 is 1.33 bits per heavy atom. The van der Waals surface area contributed by atoms with Crippen LogP contribution in [0.4, 0.5) is 10.5 Å². The molecule has 1 aromatic rings. The summed E-state index contributed by atoms with van der Waals surface area (Å²) in [6.45, 7) is 1.81. The smallest absolute Gasteiger partial charge is 0.327 e. The molecular formula is C15H19N3O3. The van der Waals surface area contributed by atoms with Gasteiger partial charge in [0.1, 0.15) is 6.04 Å². The van der Waals surface area contributed by atoms with Crippen molar-refractivity contribution in [2.45, 2.75) is 18.9 Å². The van der Waals surface area contributed by atoms with Crippen molar-refractivity contribution >= 4 is 17.7 Å². The fourth-order valence-electron chi connectivity index (χ4n) is 3.17. The maximum atomic E-state index is 12.7. The van der Waals surface area contributed by atoms with Crippen molar-refractivity contribution in [2.75, 3.05) is 24.5 Å².